The summed E-state index contributed by atoms with van der Waals surface area (Å²) in [6, 6.07) is 10.7. The highest BCUT2D eigenvalue weighted by Crippen LogP contribution is 2.36. The number of nitriles is 1. The van der Waals surface area contributed by atoms with Gasteiger partial charge in [0.05, 0.1) is 23.2 Å². The molecule has 0 spiro atoms. The van der Waals surface area contributed by atoms with Crippen molar-refractivity contribution in [3.63, 3.8) is 0 Å². The number of nitrogens with zero attached hydrogens (tertiary/aromatic N) is 1. The van der Waals surface area contributed by atoms with E-state index in [0.717, 1.165) is 12.1 Å². The second-order valence-corrected chi connectivity index (χ2v) is 6.86. The van der Waals surface area contributed by atoms with Gasteiger partial charge in [-0.2, -0.15) is 18.4 Å². The molecule has 1 aliphatic carbocycles. The topological polar surface area (TPSA) is 78.9 Å². The fourth-order valence-electron chi connectivity index (χ4n) is 3.15. The Morgan fingerprint density at radius 2 is 1.93 bits per heavy atom. The summed E-state index contributed by atoms with van der Waals surface area (Å²) in [6.07, 6.45) is -3.88. The minimum absolute atomic E-state index is 0.168. The Labute approximate surface area is 165 Å². The summed E-state index contributed by atoms with van der Waals surface area (Å²) in [6.45, 7) is 0. The van der Waals surface area contributed by atoms with Crippen LogP contribution in [0.15, 0.2) is 58.6 Å². The Hall–Kier alpha value is -2.76. The van der Waals surface area contributed by atoms with Crippen LogP contribution >= 0.6 is 12.6 Å². The van der Waals surface area contributed by atoms with Gasteiger partial charge in [0.15, 0.2) is 5.78 Å². The van der Waals surface area contributed by atoms with Crippen molar-refractivity contribution in [2.75, 3.05) is 5.32 Å². The number of benzene rings is 2. The third kappa shape index (κ3) is 4.06. The average molecular weight is 403 g/mol. The van der Waals surface area contributed by atoms with Gasteiger partial charge in [-0.05, 0) is 42.3 Å². The molecule has 8 heteroatoms. The Kier molecular flexibility index (Phi) is 5.49. The minimum Gasteiger partial charge on any atom is -0.358 e. The molecular formula is C20H16F3N3OS. The molecule has 1 unspecified atom stereocenters. The van der Waals surface area contributed by atoms with Crippen molar-refractivity contribution >= 4 is 24.1 Å². The summed E-state index contributed by atoms with van der Waals surface area (Å²) >= 11 is 4.35. The molecule has 0 aromatic heterocycles. The summed E-state index contributed by atoms with van der Waals surface area (Å²) < 4.78 is 38.8. The lowest BCUT2D eigenvalue weighted by Gasteiger charge is -2.18. The maximum Gasteiger partial charge on any atom is 0.416 e. The number of Topliss-reactive ketones (excluding diaryl/α,β-unsaturated/α-hetero) is 1. The van der Waals surface area contributed by atoms with E-state index in [9.17, 15) is 18.0 Å². The molecule has 4 nitrogen and oxygen atoms in total. The summed E-state index contributed by atoms with van der Waals surface area (Å²) in [7, 11) is 0. The fraction of sp³-hybridized carbons (Fsp3) is 0.200. The first kappa shape index (κ1) is 20.0. The van der Waals surface area contributed by atoms with E-state index in [1.165, 1.54) is 12.1 Å². The second-order valence-electron chi connectivity index (χ2n) is 6.38. The predicted molar refractivity (Wildman–Crippen MR) is 102 cm³/mol. The van der Waals surface area contributed by atoms with E-state index in [1.807, 2.05) is 6.07 Å². The molecule has 2 aromatic rings. The Balaban J connectivity index is 1.96. The van der Waals surface area contributed by atoms with Gasteiger partial charge < -0.3 is 11.1 Å². The maximum atomic E-state index is 12.9. The number of rotatable bonds is 4. The predicted octanol–water partition coefficient (Wildman–Crippen LogP) is 4.59. The zero-order valence-corrected chi connectivity index (χ0v) is 15.4. The first-order valence-electron chi connectivity index (χ1n) is 8.40. The van der Waals surface area contributed by atoms with E-state index >= 15 is 0 Å². The van der Waals surface area contributed by atoms with Crippen LogP contribution in [0.5, 0.6) is 0 Å². The minimum atomic E-state index is -4.46. The highest BCUT2D eigenvalue weighted by atomic mass is 32.1. The van der Waals surface area contributed by atoms with Gasteiger partial charge in [0, 0.05) is 28.3 Å². The number of thiol groups is 1. The summed E-state index contributed by atoms with van der Waals surface area (Å²) in [5.74, 6) is -0.168. The molecule has 0 saturated carbocycles. The van der Waals surface area contributed by atoms with Crippen LogP contribution in [-0.4, -0.2) is 5.78 Å². The largest absolute Gasteiger partial charge is 0.416 e. The zero-order chi connectivity index (χ0) is 20.5. The van der Waals surface area contributed by atoms with Crippen molar-refractivity contribution in [1.29, 1.82) is 5.26 Å². The van der Waals surface area contributed by atoms with Crippen LogP contribution in [0.2, 0.25) is 0 Å². The molecule has 1 aliphatic rings. The Morgan fingerprint density at radius 3 is 2.57 bits per heavy atom. The standard InChI is InChI=1S/C20H16F3N3OS/c21-20(22,23)12-2-1-3-13(9-12)26-15-6-7-16(27)18(15)19(25)14-5-4-11(10-24)8-17(14)28/h1-5,8-9,19,26,28H,6-7,25H2. The van der Waals surface area contributed by atoms with Crippen LogP contribution in [0.4, 0.5) is 18.9 Å². The molecule has 0 saturated heterocycles. The number of nitrogens with one attached hydrogen (secondary N) is 1. The molecule has 3 rings (SSSR count). The number of carbonyl (C=O) groups is 1. The number of carbonyl (C=O) groups excluding carboxylic acids is 1. The van der Waals surface area contributed by atoms with Gasteiger partial charge in [0.1, 0.15) is 0 Å². The third-order valence-corrected chi connectivity index (χ3v) is 4.91. The third-order valence-electron chi connectivity index (χ3n) is 4.52. The van der Waals surface area contributed by atoms with E-state index in [4.69, 9.17) is 11.0 Å². The summed E-state index contributed by atoms with van der Waals surface area (Å²) in [4.78, 5) is 12.9. The van der Waals surface area contributed by atoms with Crippen molar-refractivity contribution in [2.45, 2.75) is 30.0 Å². The van der Waals surface area contributed by atoms with Crippen LogP contribution in [-0.2, 0) is 11.0 Å². The van der Waals surface area contributed by atoms with E-state index in [2.05, 4.69) is 17.9 Å². The second kappa shape index (κ2) is 7.70. The number of halogens is 3. The molecule has 0 aliphatic heterocycles. The summed E-state index contributed by atoms with van der Waals surface area (Å²) in [5, 5.41) is 11.9. The average Bonchev–Trinajstić information content (AvgIpc) is 3.00. The molecule has 1 atom stereocenters. The van der Waals surface area contributed by atoms with Crippen molar-refractivity contribution in [1.82, 2.24) is 0 Å². The quantitative estimate of drug-likeness (QED) is 0.652. The fourth-order valence-corrected chi connectivity index (χ4v) is 3.50. The molecular weight excluding hydrogens is 387 g/mol. The van der Waals surface area contributed by atoms with E-state index in [-0.39, 0.29) is 17.9 Å². The number of hydrogen-bond donors (Lipinski definition) is 3. The van der Waals surface area contributed by atoms with Crippen LogP contribution in [0, 0.1) is 11.3 Å². The first-order chi connectivity index (χ1) is 13.2. The van der Waals surface area contributed by atoms with Gasteiger partial charge in [-0.3, -0.25) is 4.79 Å². The highest BCUT2D eigenvalue weighted by molar-refractivity contribution is 7.80. The van der Waals surface area contributed by atoms with Crippen molar-refractivity contribution in [3.8, 4) is 6.07 Å². The molecule has 3 N–H and O–H groups in total. The van der Waals surface area contributed by atoms with Crippen LogP contribution in [0.3, 0.4) is 0 Å². The Morgan fingerprint density at radius 1 is 1.18 bits per heavy atom. The van der Waals surface area contributed by atoms with E-state index in [1.54, 1.807) is 18.2 Å². The van der Waals surface area contributed by atoms with Gasteiger partial charge in [-0.15, -0.1) is 12.6 Å². The number of nitrogens with two attached hydrogens (primary N) is 1. The smallest absolute Gasteiger partial charge is 0.358 e. The van der Waals surface area contributed by atoms with Gasteiger partial charge >= 0.3 is 6.18 Å². The van der Waals surface area contributed by atoms with Crippen LogP contribution in [0.1, 0.15) is 35.6 Å². The highest BCUT2D eigenvalue weighted by Gasteiger charge is 2.32. The first-order valence-corrected chi connectivity index (χ1v) is 8.84. The lowest BCUT2D eigenvalue weighted by atomic mass is 9.96. The van der Waals surface area contributed by atoms with Crippen LogP contribution < -0.4 is 11.1 Å². The van der Waals surface area contributed by atoms with E-state index in [0.29, 0.717) is 33.7 Å². The van der Waals surface area contributed by atoms with Gasteiger partial charge in [0.25, 0.3) is 0 Å². The number of allylic oxidation sites excluding steroid dienone is 1. The molecule has 0 amide bonds. The lowest BCUT2D eigenvalue weighted by molar-refractivity contribution is -0.137. The molecule has 0 fully saturated rings. The van der Waals surface area contributed by atoms with Gasteiger partial charge in [0.2, 0.25) is 0 Å². The van der Waals surface area contributed by atoms with E-state index < -0.39 is 17.8 Å². The number of anilines is 1. The normalized spacial score (nSPS) is 15.5. The molecule has 0 heterocycles. The molecule has 0 radical (unpaired) electrons. The van der Waals surface area contributed by atoms with Gasteiger partial charge in [-0.1, -0.05) is 12.1 Å². The Bertz CT molecular complexity index is 1010. The SMILES string of the molecule is N#Cc1ccc(C(N)C2=C(Nc3cccc(C(F)(F)F)c3)CCC2=O)c(S)c1. The zero-order valence-electron chi connectivity index (χ0n) is 14.5. The van der Waals surface area contributed by atoms with Crippen molar-refractivity contribution in [2.24, 2.45) is 5.73 Å². The molecule has 28 heavy (non-hydrogen) atoms. The lowest BCUT2D eigenvalue weighted by Crippen LogP contribution is -2.20. The summed E-state index contributed by atoms with van der Waals surface area (Å²) in [5.41, 5.74) is 7.54. The van der Waals surface area contributed by atoms with Crippen molar-refractivity contribution < 1.29 is 18.0 Å². The number of ketones is 1. The molecule has 144 valence electrons. The number of hydrogen-bond acceptors (Lipinski definition) is 5. The van der Waals surface area contributed by atoms with Crippen LogP contribution in [0.25, 0.3) is 0 Å². The number of alkyl halides is 3. The molecule has 0 bridgehead atoms. The molecule has 2 aromatic carbocycles. The van der Waals surface area contributed by atoms with Gasteiger partial charge in [-0.25, -0.2) is 0 Å². The van der Waals surface area contributed by atoms with Crippen molar-refractivity contribution in [3.05, 3.63) is 70.4 Å². The monoisotopic (exact) mass is 403 g/mol. The maximum absolute atomic E-state index is 12.9.